The van der Waals surface area contributed by atoms with Crippen LogP contribution in [-0.2, 0) is 11.2 Å². The van der Waals surface area contributed by atoms with Gasteiger partial charge in [-0.25, -0.2) is 0 Å². The fourth-order valence-electron chi connectivity index (χ4n) is 1.67. The highest BCUT2D eigenvalue weighted by Crippen LogP contribution is 2.32. The molecule has 3 heteroatoms. The minimum Gasteiger partial charge on any atom is -0.369 e. The van der Waals surface area contributed by atoms with Crippen molar-refractivity contribution in [2.75, 3.05) is 12.5 Å². The van der Waals surface area contributed by atoms with Crippen molar-refractivity contribution in [3.8, 4) is 0 Å². The summed E-state index contributed by atoms with van der Waals surface area (Å²) in [5, 5.41) is 0. The van der Waals surface area contributed by atoms with Gasteiger partial charge in [0.25, 0.3) is 0 Å². The number of benzene rings is 1. The maximum absolute atomic E-state index is 5.66. The van der Waals surface area contributed by atoms with Crippen molar-refractivity contribution in [3.63, 3.8) is 0 Å². The van der Waals surface area contributed by atoms with E-state index < -0.39 is 0 Å². The van der Waals surface area contributed by atoms with Crippen molar-refractivity contribution in [3.05, 3.63) is 29.8 Å². The summed E-state index contributed by atoms with van der Waals surface area (Å²) in [5.74, 6) is 1.46. The Morgan fingerprint density at radius 2 is 1.95 bits per heavy atom. The number of hydrogen-bond donors (Lipinski definition) is 0. The number of rotatable bonds is 7. The van der Waals surface area contributed by atoms with E-state index in [9.17, 15) is 0 Å². The van der Waals surface area contributed by atoms with E-state index in [0.717, 1.165) is 19.0 Å². The average molecular weight is 299 g/mol. The molecule has 0 spiro atoms. The lowest BCUT2D eigenvalue weighted by molar-refractivity contribution is 0.106. The van der Waals surface area contributed by atoms with E-state index in [2.05, 4.69) is 58.9 Å². The normalized spacial score (nSPS) is 12.1. The van der Waals surface area contributed by atoms with Gasteiger partial charge in [-0.05, 0) is 35.4 Å². The van der Waals surface area contributed by atoms with E-state index in [-0.39, 0.29) is 5.41 Å². The van der Waals surface area contributed by atoms with Gasteiger partial charge in [-0.3, -0.25) is 0 Å². The molecule has 0 unspecified atom stereocenters. The summed E-state index contributed by atoms with van der Waals surface area (Å²) < 4.78 is 5.66. The fourth-order valence-corrected chi connectivity index (χ4v) is 3.41. The quantitative estimate of drug-likeness (QED) is 0.366. The van der Waals surface area contributed by atoms with E-state index in [1.165, 1.54) is 10.5 Å². The third-order valence-electron chi connectivity index (χ3n) is 2.36. The minimum absolute atomic E-state index is 0.252. The largest absolute Gasteiger partial charge is 0.369 e. The van der Waals surface area contributed by atoms with Crippen LogP contribution in [0.2, 0.25) is 0 Å². The molecule has 1 aromatic rings. The van der Waals surface area contributed by atoms with Gasteiger partial charge in [-0.1, -0.05) is 68.3 Å². The van der Waals surface area contributed by atoms with Gasteiger partial charge in [0, 0.05) is 4.90 Å². The Labute approximate surface area is 126 Å². The molecular formula is C16H26OS2. The van der Waals surface area contributed by atoms with Crippen molar-refractivity contribution < 1.29 is 4.74 Å². The number of ether oxygens (including phenoxy) is 1. The molecule has 0 heterocycles. The summed E-state index contributed by atoms with van der Waals surface area (Å²) in [6.07, 6.45) is 1.15. The average Bonchev–Trinajstić information content (AvgIpc) is 2.26. The molecular weight excluding hydrogens is 272 g/mol. The molecule has 0 bridgehead atoms. The topological polar surface area (TPSA) is 9.23 Å². The Bertz CT molecular complexity index is 369. The van der Waals surface area contributed by atoms with Crippen LogP contribution in [0.4, 0.5) is 0 Å². The lowest BCUT2D eigenvalue weighted by Crippen LogP contribution is -2.13. The van der Waals surface area contributed by atoms with Gasteiger partial charge in [0.15, 0.2) is 0 Å². The standard InChI is InChI=1S/C16H26OS2/c1-13(2)9-14-7-6-8-15(10-14)19-18-12-17-11-16(3,4)5/h6-8,10,13H,9,11-12H2,1-5H3. The van der Waals surface area contributed by atoms with E-state index >= 15 is 0 Å². The van der Waals surface area contributed by atoms with Crippen LogP contribution in [0.1, 0.15) is 40.2 Å². The second kappa shape index (κ2) is 8.23. The van der Waals surface area contributed by atoms with Gasteiger partial charge in [0.2, 0.25) is 0 Å². The summed E-state index contributed by atoms with van der Waals surface area (Å²) in [6, 6.07) is 8.83. The van der Waals surface area contributed by atoms with Gasteiger partial charge in [-0.15, -0.1) is 0 Å². The van der Waals surface area contributed by atoms with Gasteiger partial charge < -0.3 is 4.74 Å². The predicted molar refractivity (Wildman–Crippen MR) is 88.7 cm³/mol. The molecule has 0 aliphatic rings. The smallest absolute Gasteiger partial charge is 0.103 e. The Morgan fingerprint density at radius 1 is 1.21 bits per heavy atom. The molecule has 0 saturated heterocycles. The third-order valence-corrected chi connectivity index (χ3v) is 4.41. The molecule has 0 aromatic heterocycles. The van der Waals surface area contributed by atoms with E-state index in [1.807, 2.05) is 0 Å². The molecule has 0 atom stereocenters. The molecule has 0 amide bonds. The highest BCUT2D eigenvalue weighted by atomic mass is 33.1. The first kappa shape index (κ1) is 16.9. The summed E-state index contributed by atoms with van der Waals surface area (Å²) in [4.78, 5) is 1.32. The second-order valence-electron chi connectivity index (χ2n) is 6.47. The zero-order chi connectivity index (χ0) is 14.3. The molecule has 0 aliphatic carbocycles. The molecule has 0 N–H and O–H groups in total. The molecule has 1 nitrogen and oxygen atoms in total. The van der Waals surface area contributed by atoms with Crippen LogP contribution in [0.5, 0.6) is 0 Å². The molecule has 1 rings (SSSR count). The van der Waals surface area contributed by atoms with E-state index in [4.69, 9.17) is 4.74 Å². The van der Waals surface area contributed by atoms with Crippen LogP contribution in [-0.4, -0.2) is 12.5 Å². The van der Waals surface area contributed by atoms with Crippen molar-refractivity contribution in [2.24, 2.45) is 11.3 Å². The minimum atomic E-state index is 0.252. The molecule has 0 fully saturated rings. The van der Waals surface area contributed by atoms with E-state index in [0.29, 0.717) is 5.92 Å². The first-order chi connectivity index (χ1) is 8.87. The van der Waals surface area contributed by atoms with Gasteiger partial charge >= 0.3 is 0 Å². The van der Waals surface area contributed by atoms with Gasteiger partial charge in [-0.2, -0.15) is 0 Å². The van der Waals surface area contributed by atoms with Crippen LogP contribution in [0.3, 0.4) is 0 Å². The van der Waals surface area contributed by atoms with Crippen molar-refractivity contribution in [1.29, 1.82) is 0 Å². The second-order valence-corrected chi connectivity index (χ2v) is 8.79. The van der Waals surface area contributed by atoms with Crippen LogP contribution in [0.25, 0.3) is 0 Å². The van der Waals surface area contributed by atoms with E-state index in [1.54, 1.807) is 21.6 Å². The third kappa shape index (κ3) is 8.61. The Hall–Kier alpha value is -0.120. The van der Waals surface area contributed by atoms with Crippen molar-refractivity contribution >= 4 is 21.6 Å². The Morgan fingerprint density at radius 3 is 2.58 bits per heavy atom. The molecule has 19 heavy (non-hydrogen) atoms. The summed E-state index contributed by atoms with van der Waals surface area (Å²) in [5.41, 5.74) is 1.68. The van der Waals surface area contributed by atoms with Crippen LogP contribution in [0, 0.1) is 11.3 Å². The maximum atomic E-state index is 5.66. The highest BCUT2D eigenvalue weighted by Gasteiger charge is 2.09. The van der Waals surface area contributed by atoms with Crippen molar-refractivity contribution in [2.45, 2.75) is 45.9 Å². The molecule has 1 aromatic carbocycles. The lowest BCUT2D eigenvalue weighted by Gasteiger charge is -2.17. The van der Waals surface area contributed by atoms with Crippen molar-refractivity contribution in [1.82, 2.24) is 0 Å². The summed E-state index contributed by atoms with van der Waals surface area (Å²) in [6.45, 7) is 11.9. The zero-order valence-corrected chi connectivity index (χ0v) is 14.4. The lowest BCUT2D eigenvalue weighted by atomic mass is 9.99. The Kier molecular flexibility index (Phi) is 7.33. The monoisotopic (exact) mass is 298 g/mol. The Balaban J connectivity index is 2.29. The maximum Gasteiger partial charge on any atom is 0.103 e. The highest BCUT2D eigenvalue weighted by molar-refractivity contribution is 8.76. The van der Waals surface area contributed by atoms with Gasteiger partial charge in [0.05, 0.1) is 6.61 Å². The first-order valence-electron chi connectivity index (χ1n) is 6.83. The zero-order valence-electron chi connectivity index (χ0n) is 12.7. The molecule has 0 radical (unpaired) electrons. The summed E-state index contributed by atoms with van der Waals surface area (Å²) >= 11 is 0. The summed E-state index contributed by atoms with van der Waals surface area (Å²) in [7, 11) is 3.57. The van der Waals surface area contributed by atoms with Crippen LogP contribution >= 0.6 is 21.6 Å². The molecule has 0 aliphatic heterocycles. The molecule has 108 valence electrons. The number of hydrogen-bond acceptors (Lipinski definition) is 3. The fraction of sp³-hybridized carbons (Fsp3) is 0.625. The van der Waals surface area contributed by atoms with Crippen LogP contribution in [0.15, 0.2) is 29.2 Å². The first-order valence-corrected chi connectivity index (χ1v) is 9.15. The molecule has 0 saturated carbocycles. The van der Waals surface area contributed by atoms with Crippen LogP contribution < -0.4 is 0 Å². The van der Waals surface area contributed by atoms with Gasteiger partial charge in [0.1, 0.15) is 5.94 Å². The SMILES string of the molecule is CC(C)Cc1cccc(SSCOCC(C)(C)C)c1. The predicted octanol–water partition coefficient (Wildman–Crippen LogP) is 5.65.